The summed E-state index contributed by atoms with van der Waals surface area (Å²) in [5.74, 6) is -0.249. The summed E-state index contributed by atoms with van der Waals surface area (Å²) in [4.78, 5) is 17.8. The standard InChI is InChI=1S/C14H21N3O2/c1-3-12(18)11-5-4-10(8-16-11)17-7-6-14(2,9-17)13(15)19/h4-5,8,12,18H,3,6-7,9H2,1-2H3,(H2,15,19)/t12-,14?/m1/s1. The number of nitrogens with two attached hydrogens (primary N) is 1. The molecule has 0 saturated carbocycles. The zero-order valence-corrected chi connectivity index (χ0v) is 11.5. The van der Waals surface area contributed by atoms with Crippen molar-refractivity contribution in [2.24, 2.45) is 11.1 Å². The SMILES string of the molecule is CC[C@@H](O)c1ccc(N2CCC(C)(C(N)=O)C2)cn1. The zero-order valence-electron chi connectivity index (χ0n) is 11.5. The van der Waals surface area contributed by atoms with E-state index in [2.05, 4.69) is 9.88 Å². The minimum Gasteiger partial charge on any atom is -0.387 e. The lowest BCUT2D eigenvalue weighted by Crippen LogP contribution is -2.37. The van der Waals surface area contributed by atoms with Crippen LogP contribution in [0.5, 0.6) is 0 Å². The fraction of sp³-hybridized carbons (Fsp3) is 0.571. The van der Waals surface area contributed by atoms with Gasteiger partial charge in [-0.15, -0.1) is 0 Å². The molecule has 1 aromatic rings. The molecule has 104 valence electrons. The molecule has 0 spiro atoms. The molecule has 1 fully saturated rings. The van der Waals surface area contributed by atoms with Gasteiger partial charge in [0.1, 0.15) is 0 Å². The minimum atomic E-state index is -0.511. The van der Waals surface area contributed by atoms with Crippen molar-refractivity contribution < 1.29 is 9.90 Å². The summed E-state index contributed by atoms with van der Waals surface area (Å²) in [7, 11) is 0. The molecule has 1 aliphatic rings. The molecule has 2 heterocycles. The number of aromatic nitrogens is 1. The molecule has 5 heteroatoms. The third kappa shape index (κ3) is 2.71. The fourth-order valence-corrected chi connectivity index (χ4v) is 2.37. The highest BCUT2D eigenvalue weighted by molar-refractivity contribution is 5.82. The summed E-state index contributed by atoms with van der Waals surface area (Å²) < 4.78 is 0. The quantitative estimate of drug-likeness (QED) is 0.856. The maximum absolute atomic E-state index is 11.4. The van der Waals surface area contributed by atoms with Crippen LogP contribution in [0.1, 0.15) is 38.5 Å². The molecule has 2 rings (SSSR count). The molecule has 1 amide bonds. The summed E-state index contributed by atoms with van der Waals surface area (Å²) in [6.07, 6.45) is 2.65. The summed E-state index contributed by atoms with van der Waals surface area (Å²) >= 11 is 0. The summed E-state index contributed by atoms with van der Waals surface area (Å²) in [5.41, 5.74) is 6.64. The first-order chi connectivity index (χ1) is 8.96. The Kier molecular flexibility index (Phi) is 3.75. The maximum atomic E-state index is 11.4. The van der Waals surface area contributed by atoms with Gasteiger partial charge in [-0.3, -0.25) is 9.78 Å². The first-order valence-corrected chi connectivity index (χ1v) is 6.65. The van der Waals surface area contributed by atoms with Crippen molar-refractivity contribution in [2.45, 2.75) is 32.8 Å². The van der Waals surface area contributed by atoms with Gasteiger partial charge in [-0.05, 0) is 31.9 Å². The summed E-state index contributed by atoms with van der Waals surface area (Å²) in [6, 6.07) is 3.78. The van der Waals surface area contributed by atoms with E-state index in [9.17, 15) is 9.90 Å². The van der Waals surface area contributed by atoms with Crippen molar-refractivity contribution in [3.8, 4) is 0 Å². The van der Waals surface area contributed by atoms with Gasteiger partial charge in [-0.25, -0.2) is 0 Å². The van der Waals surface area contributed by atoms with Gasteiger partial charge in [0.2, 0.25) is 5.91 Å². The molecule has 1 aliphatic heterocycles. The Morgan fingerprint density at radius 1 is 1.63 bits per heavy atom. The topological polar surface area (TPSA) is 79.5 Å². The highest BCUT2D eigenvalue weighted by atomic mass is 16.3. The first-order valence-electron chi connectivity index (χ1n) is 6.65. The molecule has 5 nitrogen and oxygen atoms in total. The number of carbonyl (C=O) groups is 1. The van der Waals surface area contributed by atoms with Crippen molar-refractivity contribution in [1.29, 1.82) is 0 Å². The van der Waals surface area contributed by atoms with Crippen LogP contribution in [0.2, 0.25) is 0 Å². The van der Waals surface area contributed by atoms with Crippen molar-refractivity contribution in [3.63, 3.8) is 0 Å². The Balaban J connectivity index is 2.10. The lowest BCUT2D eigenvalue weighted by molar-refractivity contribution is -0.125. The van der Waals surface area contributed by atoms with E-state index in [1.54, 1.807) is 6.20 Å². The van der Waals surface area contributed by atoms with Gasteiger partial charge in [0.15, 0.2) is 0 Å². The molecule has 0 bridgehead atoms. The van der Waals surface area contributed by atoms with Gasteiger partial charge in [0.05, 0.1) is 29.1 Å². The average molecular weight is 263 g/mol. The second-order valence-corrected chi connectivity index (χ2v) is 5.46. The van der Waals surface area contributed by atoms with Crippen LogP contribution < -0.4 is 10.6 Å². The average Bonchev–Trinajstić information content (AvgIpc) is 2.82. The van der Waals surface area contributed by atoms with Crippen LogP contribution in [-0.2, 0) is 4.79 Å². The van der Waals surface area contributed by atoms with Crippen LogP contribution in [0.25, 0.3) is 0 Å². The number of hydrogen-bond acceptors (Lipinski definition) is 4. The Hall–Kier alpha value is -1.62. The third-order valence-electron chi connectivity index (χ3n) is 3.93. The van der Waals surface area contributed by atoms with Gasteiger partial charge in [0, 0.05) is 13.1 Å². The number of anilines is 1. The lowest BCUT2D eigenvalue weighted by Gasteiger charge is -2.22. The van der Waals surface area contributed by atoms with E-state index in [-0.39, 0.29) is 5.91 Å². The highest BCUT2D eigenvalue weighted by Crippen LogP contribution is 2.32. The monoisotopic (exact) mass is 263 g/mol. The van der Waals surface area contributed by atoms with E-state index in [4.69, 9.17) is 5.73 Å². The lowest BCUT2D eigenvalue weighted by atomic mass is 9.89. The number of amides is 1. The normalized spacial score (nSPS) is 24.5. The van der Waals surface area contributed by atoms with Gasteiger partial charge >= 0.3 is 0 Å². The molecule has 0 radical (unpaired) electrons. The molecule has 1 aromatic heterocycles. The largest absolute Gasteiger partial charge is 0.387 e. The number of hydrogen-bond donors (Lipinski definition) is 2. The van der Waals surface area contributed by atoms with Crippen molar-refractivity contribution in [3.05, 3.63) is 24.0 Å². The van der Waals surface area contributed by atoms with E-state index in [0.717, 1.165) is 18.7 Å². The third-order valence-corrected chi connectivity index (χ3v) is 3.93. The summed E-state index contributed by atoms with van der Waals surface area (Å²) in [5, 5.41) is 9.70. The Morgan fingerprint density at radius 2 is 2.37 bits per heavy atom. The number of aliphatic hydroxyl groups is 1. The van der Waals surface area contributed by atoms with Crippen LogP contribution in [-0.4, -0.2) is 29.1 Å². The second kappa shape index (κ2) is 5.17. The number of nitrogens with zero attached hydrogens (tertiary/aromatic N) is 2. The fourth-order valence-electron chi connectivity index (χ4n) is 2.37. The molecule has 0 aliphatic carbocycles. The molecule has 0 aromatic carbocycles. The van der Waals surface area contributed by atoms with Gasteiger partial charge in [0.25, 0.3) is 0 Å². The van der Waals surface area contributed by atoms with E-state index in [0.29, 0.717) is 18.7 Å². The Bertz CT molecular complexity index is 460. The molecule has 1 unspecified atom stereocenters. The van der Waals surface area contributed by atoms with Crippen molar-refractivity contribution in [1.82, 2.24) is 4.98 Å². The number of aliphatic hydroxyl groups excluding tert-OH is 1. The minimum absolute atomic E-state index is 0.249. The zero-order chi connectivity index (χ0) is 14.0. The molecular formula is C14H21N3O2. The van der Waals surface area contributed by atoms with Crippen LogP contribution in [0, 0.1) is 5.41 Å². The van der Waals surface area contributed by atoms with Gasteiger partial charge in [-0.1, -0.05) is 6.92 Å². The molecule has 19 heavy (non-hydrogen) atoms. The van der Waals surface area contributed by atoms with Crippen LogP contribution >= 0.6 is 0 Å². The van der Waals surface area contributed by atoms with Crippen LogP contribution in [0.3, 0.4) is 0 Å². The molecule has 1 saturated heterocycles. The Labute approximate surface area is 113 Å². The van der Waals surface area contributed by atoms with Crippen molar-refractivity contribution >= 4 is 11.6 Å². The van der Waals surface area contributed by atoms with E-state index in [1.165, 1.54) is 0 Å². The van der Waals surface area contributed by atoms with Gasteiger partial charge < -0.3 is 15.7 Å². The van der Waals surface area contributed by atoms with Crippen LogP contribution in [0.4, 0.5) is 5.69 Å². The van der Waals surface area contributed by atoms with E-state index < -0.39 is 11.5 Å². The van der Waals surface area contributed by atoms with Crippen LogP contribution in [0.15, 0.2) is 18.3 Å². The smallest absolute Gasteiger partial charge is 0.225 e. The Morgan fingerprint density at radius 3 is 2.84 bits per heavy atom. The predicted octanol–water partition coefficient (Wildman–Crippen LogP) is 1.23. The van der Waals surface area contributed by atoms with Crippen molar-refractivity contribution in [2.75, 3.05) is 18.0 Å². The highest BCUT2D eigenvalue weighted by Gasteiger charge is 2.38. The number of rotatable bonds is 4. The first kappa shape index (κ1) is 13.8. The van der Waals surface area contributed by atoms with Gasteiger partial charge in [-0.2, -0.15) is 0 Å². The van der Waals surface area contributed by atoms with E-state index in [1.807, 2.05) is 26.0 Å². The summed E-state index contributed by atoms with van der Waals surface area (Å²) in [6.45, 7) is 5.24. The number of primary amides is 1. The second-order valence-electron chi connectivity index (χ2n) is 5.46. The molecule has 2 atom stereocenters. The molecule has 3 N–H and O–H groups in total. The maximum Gasteiger partial charge on any atom is 0.225 e. The van der Waals surface area contributed by atoms with E-state index >= 15 is 0 Å². The number of carbonyl (C=O) groups excluding carboxylic acids is 1. The molecular weight excluding hydrogens is 242 g/mol. The number of pyridine rings is 1. The predicted molar refractivity (Wildman–Crippen MR) is 73.6 cm³/mol.